The standard InChI is InChI=1S/C13H17NO/c1-9-4-3-5-10(2)12(9)8-11-6-7-13(15)14-11/h3-5,11H,6-8H2,1-2H3,(H,14,15). The van der Waals surface area contributed by atoms with E-state index in [4.69, 9.17) is 0 Å². The minimum Gasteiger partial charge on any atom is -0.353 e. The van der Waals surface area contributed by atoms with E-state index in [0.717, 1.165) is 12.8 Å². The summed E-state index contributed by atoms with van der Waals surface area (Å²) in [7, 11) is 0. The number of hydrogen-bond acceptors (Lipinski definition) is 1. The van der Waals surface area contributed by atoms with E-state index < -0.39 is 0 Å². The number of benzene rings is 1. The molecule has 0 saturated carbocycles. The summed E-state index contributed by atoms with van der Waals surface area (Å²) in [6, 6.07) is 6.71. The lowest BCUT2D eigenvalue weighted by Gasteiger charge is -2.14. The molecule has 0 aromatic heterocycles. The maximum atomic E-state index is 11.1. The van der Waals surface area contributed by atoms with Crippen LogP contribution in [-0.4, -0.2) is 11.9 Å². The third kappa shape index (κ3) is 2.20. The van der Waals surface area contributed by atoms with Crippen LogP contribution in [-0.2, 0) is 11.2 Å². The van der Waals surface area contributed by atoms with Gasteiger partial charge in [-0.15, -0.1) is 0 Å². The van der Waals surface area contributed by atoms with Crippen LogP contribution in [0.2, 0.25) is 0 Å². The Bertz CT molecular complexity index is 364. The fourth-order valence-electron chi connectivity index (χ4n) is 2.25. The quantitative estimate of drug-likeness (QED) is 0.783. The van der Waals surface area contributed by atoms with Crippen LogP contribution < -0.4 is 5.32 Å². The van der Waals surface area contributed by atoms with E-state index in [-0.39, 0.29) is 5.91 Å². The minimum atomic E-state index is 0.200. The number of rotatable bonds is 2. The summed E-state index contributed by atoms with van der Waals surface area (Å²) in [6.07, 6.45) is 2.65. The molecule has 2 heteroatoms. The highest BCUT2D eigenvalue weighted by Crippen LogP contribution is 2.19. The average molecular weight is 203 g/mol. The van der Waals surface area contributed by atoms with Gasteiger partial charge in [0.05, 0.1) is 0 Å². The number of carbonyl (C=O) groups excluding carboxylic acids is 1. The van der Waals surface area contributed by atoms with E-state index in [1.165, 1.54) is 16.7 Å². The lowest BCUT2D eigenvalue weighted by molar-refractivity contribution is -0.119. The highest BCUT2D eigenvalue weighted by molar-refractivity contribution is 5.78. The van der Waals surface area contributed by atoms with Crippen molar-refractivity contribution in [2.45, 2.75) is 39.2 Å². The van der Waals surface area contributed by atoms with Gasteiger partial charge in [-0.3, -0.25) is 4.79 Å². The van der Waals surface area contributed by atoms with Crippen LogP contribution in [0.4, 0.5) is 0 Å². The van der Waals surface area contributed by atoms with Gasteiger partial charge in [0.1, 0.15) is 0 Å². The number of aryl methyl sites for hydroxylation is 2. The van der Waals surface area contributed by atoms with Crippen molar-refractivity contribution in [3.63, 3.8) is 0 Å². The lowest BCUT2D eigenvalue weighted by Crippen LogP contribution is -2.27. The van der Waals surface area contributed by atoms with E-state index >= 15 is 0 Å². The zero-order valence-corrected chi connectivity index (χ0v) is 9.34. The molecule has 0 aliphatic carbocycles. The molecule has 1 aromatic carbocycles. The fourth-order valence-corrected chi connectivity index (χ4v) is 2.25. The van der Waals surface area contributed by atoms with Gasteiger partial charge in [0.15, 0.2) is 0 Å². The molecule has 2 nitrogen and oxygen atoms in total. The van der Waals surface area contributed by atoms with Crippen molar-refractivity contribution in [1.29, 1.82) is 0 Å². The van der Waals surface area contributed by atoms with E-state index in [0.29, 0.717) is 12.5 Å². The average Bonchev–Trinajstić information content (AvgIpc) is 2.58. The SMILES string of the molecule is Cc1cccc(C)c1CC1CCC(=O)N1. The highest BCUT2D eigenvalue weighted by Gasteiger charge is 2.21. The molecule has 0 bridgehead atoms. The second kappa shape index (κ2) is 4.05. The molecule has 80 valence electrons. The molecule has 1 aliphatic rings. The van der Waals surface area contributed by atoms with Crippen molar-refractivity contribution in [2.24, 2.45) is 0 Å². The Hall–Kier alpha value is -1.31. The molecule has 1 atom stereocenters. The highest BCUT2D eigenvalue weighted by atomic mass is 16.1. The molecule has 1 fully saturated rings. The van der Waals surface area contributed by atoms with Crippen LogP contribution in [0, 0.1) is 13.8 Å². The van der Waals surface area contributed by atoms with Crippen molar-refractivity contribution in [2.75, 3.05) is 0 Å². The van der Waals surface area contributed by atoms with Gasteiger partial charge in [0.2, 0.25) is 5.91 Å². The Balaban J connectivity index is 2.13. The Morgan fingerprint density at radius 3 is 2.53 bits per heavy atom. The second-order valence-corrected chi connectivity index (χ2v) is 4.38. The van der Waals surface area contributed by atoms with Crippen LogP contribution in [0.3, 0.4) is 0 Å². The molecular formula is C13H17NO. The van der Waals surface area contributed by atoms with Gasteiger partial charge in [-0.05, 0) is 43.4 Å². The van der Waals surface area contributed by atoms with Gasteiger partial charge in [-0.2, -0.15) is 0 Å². The molecule has 2 rings (SSSR count). The third-order valence-corrected chi connectivity index (χ3v) is 3.18. The first kappa shape index (κ1) is 10.2. The Kier molecular flexibility index (Phi) is 2.76. The van der Waals surface area contributed by atoms with Gasteiger partial charge in [0.25, 0.3) is 0 Å². The van der Waals surface area contributed by atoms with E-state index in [9.17, 15) is 4.79 Å². The van der Waals surface area contributed by atoms with Crippen LogP contribution in [0.1, 0.15) is 29.5 Å². The van der Waals surface area contributed by atoms with Gasteiger partial charge in [-0.25, -0.2) is 0 Å². The summed E-state index contributed by atoms with van der Waals surface area (Å²) >= 11 is 0. The fraction of sp³-hybridized carbons (Fsp3) is 0.462. The van der Waals surface area contributed by atoms with Crippen molar-refractivity contribution >= 4 is 5.91 Å². The number of carbonyl (C=O) groups is 1. The van der Waals surface area contributed by atoms with Gasteiger partial charge in [0, 0.05) is 12.5 Å². The van der Waals surface area contributed by atoms with E-state index in [1.807, 2.05) is 0 Å². The first-order valence-corrected chi connectivity index (χ1v) is 5.51. The first-order valence-electron chi connectivity index (χ1n) is 5.51. The number of nitrogens with one attached hydrogen (secondary N) is 1. The molecular weight excluding hydrogens is 186 g/mol. The van der Waals surface area contributed by atoms with Crippen molar-refractivity contribution in [1.82, 2.24) is 5.32 Å². The zero-order chi connectivity index (χ0) is 10.8. The van der Waals surface area contributed by atoms with Gasteiger partial charge in [-0.1, -0.05) is 18.2 Å². The van der Waals surface area contributed by atoms with Gasteiger partial charge >= 0.3 is 0 Å². The maximum Gasteiger partial charge on any atom is 0.220 e. The van der Waals surface area contributed by atoms with E-state index in [2.05, 4.69) is 37.4 Å². The maximum absolute atomic E-state index is 11.1. The first-order chi connectivity index (χ1) is 7.16. The van der Waals surface area contributed by atoms with Gasteiger partial charge < -0.3 is 5.32 Å². The summed E-state index contributed by atoms with van der Waals surface area (Å²) in [5, 5.41) is 3.02. The summed E-state index contributed by atoms with van der Waals surface area (Å²) < 4.78 is 0. The third-order valence-electron chi connectivity index (χ3n) is 3.18. The molecule has 1 aliphatic heterocycles. The molecule has 15 heavy (non-hydrogen) atoms. The molecule has 1 saturated heterocycles. The largest absolute Gasteiger partial charge is 0.353 e. The van der Waals surface area contributed by atoms with Crippen LogP contribution in [0.15, 0.2) is 18.2 Å². The summed E-state index contributed by atoms with van der Waals surface area (Å²) in [4.78, 5) is 11.1. The Morgan fingerprint density at radius 2 is 2.00 bits per heavy atom. The summed E-state index contributed by atoms with van der Waals surface area (Å²) in [5.74, 6) is 0.200. The van der Waals surface area contributed by atoms with Crippen molar-refractivity contribution in [3.8, 4) is 0 Å². The summed E-state index contributed by atoms with van der Waals surface area (Å²) in [5.41, 5.74) is 4.05. The monoisotopic (exact) mass is 203 g/mol. The molecule has 0 spiro atoms. The van der Waals surface area contributed by atoms with Crippen LogP contribution >= 0.6 is 0 Å². The zero-order valence-electron chi connectivity index (χ0n) is 9.34. The topological polar surface area (TPSA) is 29.1 Å². The number of hydrogen-bond donors (Lipinski definition) is 1. The molecule has 1 N–H and O–H groups in total. The normalized spacial score (nSPS) is 20.4. The van der Waals surface area contributed by atoms with Crippen LogP contribution in [0.5, 0.6) is 0 Å². The molecule has 0 radical (unpaired) electrons. The smallest absolute Gasteiger partial charge is 0.220 e. The van der Waals surface area contributed by atoms with Crippen molar-refractivity contribution in [3.05, 3.63) is 34.9 Å². The molecule has 1 aromatic rings. The lowest BCUT2D eigenvalue weighted by atomic mass is 9.96. The predicted molar refractivity (Wildman–Crippen MR) is 60.8 cm³/mol. The molecule has 1 amide bonds. The predicted octanol–water partition coefficient (Wildman–Crippen LogP) is 2.12. The minimum absolute atomic E-state index is 0.200. The Labute approximate surface area is 90.7 Å². The van der Waals surface area contributed by atoms with Crippen LogP contribution in [0.25, 0.3) is 0 Å². The number of amides is 1. The van der Waals surface area contributed by atoms with Crippen molar-refractivity contribution < 1.29 is 4.79 Å². The molecule has 1 unspecified atom stereocenters. The molecule has 1 heterocycles. The summed E-state index contributed by atoms with van der Waals surface area (Å²) in [6.45, 7) is 4.28. The van der Waals surface area contributed by atoms with E-state index in [1.54, 1.807) is 0 Å². The second-order valence-electron chi connectivity index (χ2n) is 4.38. The Morgan fingerprint density at radius 1 is 1.33 bits per heavy atom.